The SMILES string of the molecule is CC(C)=CCO[C@@H]1CCOC[C@@H]1NS(=O)(=O)c1c(C)noc1C. The fourth-order valence-corrected chi connectivity index (χ4v) is 4.06. The van der Waals surface area contributed by atoms with Crippen LogP contribution in [-0.2, 0) is 19.5 Å². The molecular weight excluding hydrogens is 320 g/mol. The third-order valence-corrected chi connectivity index (χ3v) is 5.37. The van der Waals surface area contributed by atoms with Crippen molar-refractivity contribution >= 4 is 10.0 Å². The maximum absolute atomic E-state index is 12.6. The molecule has 0 amide bonds. The Morgan fingerprint density at radius 2 is 2.17 bits per heavy atom. The summed E-state index contributed by atoms with van der Waals surface area (Å²) >= 11 is 0. The van der Waals surface area contributed by atoms with E-state index in [0.29, 0.717) is 25.3 Å². The topological polar surface area (TPSA) is 90.7 Å². The molecule has 1 aliphatic rings. The molecule has 8 heteroatoms. The molecule has 0 bridgehead atoms. The van der Waals surface area contributed by atoms with Crippen molar-refractivity contribution in [3.8, 4) is 0 Å². The first-order valence-corrected chi connectivity index (χ1v) is 9.07. The van der Waals surface area contributed by atoms with Crippen LogP contribution in [0.25, 0.3) is 0 Å². The predicted octanol–water partition coefficient (Wildman–Crippen LogP) is 1.71. The zero-order valence-electron chi connectivity index (χ0n) is 14.0. The van der Waals surface area contributed by atoms with Crippen LogP contribution in [0.5, 0.6) is 0 Å². The van der Waals surface area contributed by atoms with Crippen molar-refractivity contribution in [2.75, 3.05) is 19.8 Å². The van der Waals surface area contributed by atoms with E-state index < -0.39 is 16.1 Å². The van der Waals surface area contributed by atoms with Crippen molar-refractivity contribution in [3.63, 3.8) is 0 Å². The molecule has 0 radical (unpaired) electrons. The lowest BCUT2D eigenvalue weighted by molar-refractivity contribution is -0.0418. The van der Waals surface area contributed by atoms with Gasteiger partial charge < -0.3 is 14.0 Å². The average Bonchev–Trinajstić information content (AvgIpc) is 2.80. The summed E-state index contributed by atoms with van der Waals surface area (Å²) in [6, 6.07) is -0.437. The van der Waals surface area contributed by atoms with Crippen LogP contribution in [0.15, 0.2) is 21.1 Å². The van der Waals surface area contributed by atoms with E-state index in [1.54, 1.807) is 13.8 Å². The van der Waals surface area contributed by atoms with Crippen molar-refractivity contribution in [1.82, 2.24) is 9.88 Å². The van der Waals surface area contributed by atoms with Gasteiger partial charge in [-0.2, -0.15) is 0 Å². The summed E-state index contributed by atoms with van der Waals surface area (Å²) in [5.74, 6) is 0.272. The van der Waals surface area contributed by atoms with Gasteiger partial charge in [0.05, 0.1) is 25.4 Å². The molecule has 2 atom stereocenters. The van der Waals surface area contributed by atoms with Crippen LogP contribution >= 0.6 is 0 Å². The summed E-state index contributed by atoms with van der Waals surface area (Å²) in [7, 11) is -3.73. The van der Waals surface area contributed by atoms with E-state index in [1.165, 1.54) is 0 Å². The second kappa shape index (κ2) is 7.57. The Labute approximate surface area is 137 Å². The second-order valence-electron chi connectivity index (χ2n) is 5.90. The van der Waals surface area contributed by atoms with Gasteiger partial charge in [-0.1, -0.05) is 16.8 Å². The van der Waals surface area contributed by atoms with Crippen LogP contribution in [0.1, 0.15) is 31.7 Å². The number of hydrogen-bond acceptors (Lipinski definition) is 6. The highest BCUT2D eigenvalue weighted by Gasteiger charge is 2.33. The lowest BCUT2D eigenvalue weighted by Crippen LogP contribution is -2.50. The zero-order valence-corrected chi connectivity index (χ0v) is 14.8. The van der Waals surface area contributed by atoms with Gasteiger partial charge in [0.1, 0.15) is 10.6 Å². The van der Waals surface area contributed by atoms with Crippen LogP contribution in [0.2, 0.25) is 0 Å². The smallest absolute Gasteiger partial charge is 0.246 e. The number of allylic oxidation sites excluding steroid dienone is 1. The Morgan fingerprint density at radius 3 is 2.78 bits per heavy atom. The molecule has 0 aliphatic carbocycles. The van der Waals surface area contributed by atoms with E-state index in [2.05, 4.69) is 9.88 Å². The van der Waals surface area contributed by atoms with Crippen LogP contribution < -0.4 is 4.72 Å². The lowest BCUT2D eigenvalue weighted by atomic mass is 10.1. The fourth-order valence-electron chi connectivity index (χ4n) is 2.48. The Hall–Kier alpha value is -1.22. The van der Waals surface area contributed by atoms with E-state index in [9.17, 15) is 8.42 Å². The number of aromatic nitrogens is 1. The number of ether oxygens (including phenoxy) is 2. The Morgan fingerprint density at radius 1 is 1.43 bits per heavy atom. The summed E-state index contributed by atoms with van der Waals surface area (Å²) in [5.41, 5.74) is 1.50. The van der Waals surface area contributed by atoms with Crippen molar-refractivity contribution in [2.24, 2.45) is 0 Å². The molecule has 1 aromatic rings. The Bertz CT molecular complexity index is 642. The molecule has 2 heterocycles. The van der Waals surface area contributed by atoms with Gasteiger partial charge in [-0.15, -0.1) is 0 Å². The van der Waals surface area contributed by atoms with Gasteiger partial charge in [0.15, 0.2) is 5.76 Å². The highest BCUT2D eigenvalue weighted by atomic mass is 32.2. The molecule has 1 fully saturated rings. The number of nitrogens with zero attached hydrogens (tertiary/aromatic N) is 1. The van der Waals surface area contributed by atoms with Crippen LogP contribution in [0, 0.1) is 13.8 Å². The van der Waals surface area contributed by atoms with Crippen LogP contribution in [0.3, 0.4) is 0 Å². The van der Waals surface area contributed by atoms with E-state index >= 15 is 0 Å². The molecular formula is C15H24N2O5S. The van der Waals surface area contributed by atoms with Crippen molar-refractivity contribution < 1.29 is 22.4 Å². The largest absolute Gasteiger partial charge is 0.380 e. The third kappa shape index (κ3) is 4.63. The highest BCUT2D eigenvalue weighted by Crippen LogP contribution is 2.21. The third-order valence-electron chi connectivity index (χ3n) is 3.64. The van der Waals surface area contributed by atoms with Crippen LogP contribution in [-0.4, -0.2) is 45.5 Å². The monoisotopic (exact) mass is 344 g/mol. The molecule has 23 heavy (non-hydrogen) atoms. The Balaban J connectivity index is 2.10. The molecule has 0 spiro atoms. The van der Waals surface area contributed by atoms with E-state index in [0.717, 1.165) is 5.57 Å². The van der Waals surface area contributed by atoms with Gasteiger partial charge in [0, 0.05) is 6.61 Å². The number of aryl methyl sites for hydroxylation is 2. The molecule has 130 valence electrons. The molecule has 1 aromatic heterocycles. The van der Waals surface area contributed by atoms with Gasteiger partial charge in [-0.25, -0.2) is 13.1 Å². The second-order valence-corrected chi connectivity index (χ2v) is 7.55. The van der Waals surface area contributed by atoms with Gasteiger partial charge >= 0.3 is 0 Å². The first kappa shape index (κ1) is 18.1. The summed E-state index contributed by atoms with van der Waals surface area (Å²) in [5, 5.41) is 3.70. The number of sulfonamides is 1. The lowest BCUT2D eigenvalue weighted by Gasteiger charge is -2.31. The molecule has 1 N–H and O–H groups in total. The minimum atomic E-state index is -3.73. The van der Waals surface area contributed by atoms with Crippen LogP contribution in [0.4, 0.5) is 0 Å². The van der Waals surface area contributed by atoms with E-state index in [4.69, 9.17) is 14.0 Å². The summed E-state index contributed by atoms with van der Waals surface area (Å²) in [6.07, 6.45) is 2.38. The number of rotatable bonds is 6. The number of hydrogen-bond donors (Lipinski definition) is 1. The minimum Gasteiger partial charge on any atom is -0.380 e. The van der Waals surface area contributed by atoms with Gasteiger partial charge in [0.2, 0.25) is 10.0 Å². The molecule has 1 aliphatic heterocycles. The quantitative estimate of drug-likeness (QED) is 0.790. The van der Waals surface area contributed by atoms with Gasteiger partial charge in [-0.3, -0.25) is 0 Å². The van der Waals surface area contributed by atoms with Crippen molar-refractivity contribution in [3.05, 3.63) is 23.1 Å². The predicted molar refractivity (Wildman–Crippen MR) is 84.7 cm³/mol. The van der Waals surface area contributed by atoms with E-state index in [-0.39, 0.29) is 23.4 Å². The maximum Gasteiger partial charge on any atom is 0.246 e. The normalized spacial score (nSPS) is 22.1. The zero-order chi connectivity index (χ0) is 17.0. The molecule has 0 unspecified atom stereocenters. The first-order chi connectivity index (χ1) is 10.8. The summed E-state index contributed by atoms with van der Waals surface area (Å²) < 4.78 is 44.0. The number of nitrogens with one attached hydrogen (secondary N) is 1. The average molecular weight is 344 g/mol. The molecule has 0 saturated carbocycles. The minimum absolute atomic E-state index is 0.0890. The van der Waals surface area contributed by atoms with E-state index in [1.807, 2.05) is 19.9 Å². The molecule has 1 saturated heterocycles. The van der Waals surface area contributed by atoms with Gasteiger partial charge in [-0.05, 0) is 34.1 Å². The summed E-state index contributed by atoms with van der Waals surface area (Å²) in [6.45, 7) is 8.46. The highest BCUT2D eigenvalue weighted by molar-refractivity contribution is 7.89. The molecule has 7 nitrogen and oxygen atoms in total. The van der Waals surface area contributed by atoms with Crippen molar-refractivity contribution in [2.45, 2.75) is 51.2 Å². The molecule has 2 rings (SSSR count). The first-order valence-electron chi connectivity index (χ1n) is 7.59. The van der Waals surface area contributed by atoms with Gasteiger partial charge in [0.25, 0.3) is 0 Å². The summed E-state index contributed by atoms with van der Waals surface area (Å²) in [4.78, 5) is 0.0890. The maximum atomic E-state index is 12.6. The van der Waals surface area contributed by atoms with Crippen molar-refractivity contribution in [1.29, 1.82) is 0 Å². The molecule has 0 aromatic carbocycles. The Kier molecular flexibility index (Phi) is 5.96. The standard InChI is InChI=1S/C15H24N2O5S/c1-10(2)5-8-21-14-6-7-20-9-13(14)17-23(18,19)15-11(3)16-22-12(15)4/h5,13-14,17H,6-9H2,1-4H3/t13-,14+/m0/s1. The fraction of sp³-hybridized carbons (Fsp3) is 0.667.